The second-order valence-corrected chi connectivity index (χ2v) is 8.18. The van der Waals surface area contributed by atoms with Gasteiger partial charge in [0.15, 0.2) is 5.13 Å². The highest BCUT2D eigenvalue weighted by atomic mass is 32.1. The molecule has 0 aliphatic rings. The lowest BCUT2D eigenvalue weighted by Gasteiger charge is -2.26. The number of aromatic nitrogens is 1. The van der Waals surface area contributed by atoms with Crippen LogP contribution in [0.5, 0.6) is 0 Å². The number of anilines is 1. The molecule has 0 radical (unpaired) electrons. The highest BCUT2D eigenvalue weighted by Crippen LogP contribution is 2.16. The first-order valence-electron chi connectivity index (χ1n) is 10.3. The highest BCUT2D eigenvalue weighted by Gasteiger charge is 2.22. The smallest absolute Gasteiger partial charge is 0.254 e. The van der Waals surface area contributed by atoms with Crippen LogP contribution in [-0.4, -0.2) is 46.7 Å². The number of thiazole rings is 1. The van der Waals surface area contributed by atoms with E-state index >= 15 is 0 Å². The predicted octanol–water partition coefficient (Wildman–Crippen LogP) is 3.48. The number of rotatable bonds is 11. The molecule has 0 saturated heterocycles. The third-order valence-electron chi connectivity index (χ3n) is 4.46. The molecule has 3 amide bonds. The summed E-state index contributed by atoms with van der Waals surface area (Å²) in [6.07, 6.45) is 3.35. The lowest BCUT2D eigenvalue weighted by molar-refractivity contribution is -0.120. The molecule has 0 spiro atoms. The molecular weight excluding hydrogens is 400 g/mol. The van der Waals surface area contributed by atoms with Crippen molar-refractivity contribution >= 4 is 34.2 Å². The molecular formula is C22H30N4O3S. The normalized spacial score (nSPS) is 10.7. The summed E-state index contributed by atoms with van der Waals surface area (Å²) in [6, 6.07) is 8.76. The Morgan fingerprint density at radius 3 is 2.50 bits per heavy atom. The summed E-state index contributed by atoms with van der Waals surface area (Å²) in [5.74, 6) is -0.591. The van der Waals surface area contributed by atoms with Gasteiger partial charge in [0.25, 0.3) is 5.91 Å². The largest absolute Gasteiger partial charge is 0.356 e. The van der Waals surface area contributed by atoms with Gasteiger partial charge in [0.05, 0.1) is 12.1 Å². The molecule has 1 aromatic heterocycles. The van der Waals surface area contributed by atoms with Crippen molar-refractivity contribution in [3.8, 4) is 0 Å². The zero-order valence-corrected chi connectivity index (χ0v) is 18.6. The summed E-state index contributed by atoms with van der Waals surface area (Å²) in [4.78, 5) is 43.0. The molecule has 1 aromatic carbocycles. The van der Waals surface area contributed by atoms with E-state index in [1.54, 1.807) is 29.6 Å². The third kappa shape index (κ3) is 7.59. The van der Waals surface area contributed by atoms with E-state index in [-0.39, 0.29) is 36.7 Å². The van der Waals surface area contributed by atoms with Gasteiger partial charge in [-0.25, -0.2) is 4.98 Å². The van der Waals surface area contributed by atoms with Crippen LogP contribution in [-0.2, 0) is 16.0 Å². The van der Waals surface area contributed by atoms with Gasteiger partial charge >= 0.3 is 0 Å². The number of hydrogen-bond acceptors (Lipinski definition) is 5. The SMILES string of the molecule is CCCCCNC(=O)Cc1csc(NC(=O)CN(C(=O)c2ccccc2)C(C)C)n1. The summed E-state index contributed by atoms with van der Waals surface area (Å²) in [5, 5.41) is 7.79. The molecule has 0 atom stereocenters. The highest BCUT2D eigenvalue weighted by molar-refractivity contribution is 7.13. The molecule has 0 bridgehead atoms. The molecule has 2 aromatic rings. The van der Waals surface area contributed by atoms with Crippen LogP contribution < -0.4 is 10.6 Å². The summed E-state index contributed by atoms with van der Waals surface area (Å²) < 4.78 is 0. The number of hydrogen-bond donors (Lipinski definition) is 2. The second kappa shape index (κ2) is 12.1. The summed E-state index contributed by atoms with van der Waals surface area (Å²) in [7, 11) is 0. The lowest BCUT2D eigenvalue weighted by Crippen LogP contribution is -2.42. The standard InChI is InChI=1S/C22H30N4O3S/c1-4-5-9-12-23-19(27)13-18-15-30-22(24-18)25-20(28)14-26(16(2)3)21(29)17-10-7-6-8-11-17/h6-8,10-11,15-16H,4-5,9,12-14H2,1-3H3,(H,23,27)(H,24,25,28). The minimum absolute atomic E-state index is 0.0712. The van der Waals surface area contributed by atoms with Gasteiger partial charge in [-0.05, 0) is 32.4 Å². The Kier molecular flexibility index (Phi) is 9.47. The molecule has 1 heterocycles. The van der Waals surface area contributed by atoms with E-state index in [1.807, 2.05) is 19.9 Å². The number of unbranched alkanes of at least 4 members (excludes halogenated alkanes) is 2. The van der Waals surface area contributed by atoms with Gasteiger partial charge in [0.1, 0.15) is 6.54 Å². The summed E-state index contributed by atoms with van der Waals surface area (Å²) in [5.41, 5.74) is 1.16. The Bertz CT molecular complexity index is 836. The van der Waals surface area contributed by atoms with Crippen molar-refractivity contribution in [3.05, 3.63) is 47.0 Å². The van der Waals surface area contributed by atoms with Crippen molar-refractivity contribution < 1.29 is 14.4 Å². The van der Waals surface area contributed by atoms with E-state index in [2.05, 4.69) is 22.5 Å². The Balaban J connectivity index is 1.88. The Labute approximate surface area is 181 Å². The van der Waals surface area contributed by atoms with Crippen LogP contribution in [0.25, 0.3) is 0 Å². The van der Waals surface area contributed by atoms with Crippen LogP contribution in [0, 0.1) is 0 Å². The summed E-state index contributed by atoms with van der Waals surface area (Å²) in [6.45, 7) is 6.45. The molecule has 0 saturated carbocycles. The topological polar surface area (TPSA) is 91.4 Å². The van der Waals surface area contributed by atoms with Gasteiger partial charge in [-0.2, -0.15) is 0 Å². The van der Waals surface area contributed by atoms with Gasteiger partial charge in [0, 0.05) is 23.5 Å². The van der Waals surface area contributed by atoms with E-state index < -0.39 is 0 Å². The van der Waals surface area contributed by atoms with Crippen molar-refractivity contribution in [1.29, 1.82) is 0 Å². The van der Waals surface area contributed by atoms with Gasteiger partial charge in [-0.1, -0.05) is 38.0 Å². The fourth-order valence-electron chi connectivity index (χ4n) is 2.82. The maximum Gasteiger partial charge on any atom is 0.254 e. The molecule has 162 valence electrons. The van der Waals surface area contributed by atoms with E-state index in [0.717, 1.165) is 19.3 Å². The number of nitrogens with zero attached hydrogens (tertiary/aromatic N) is 2. The van der Waals surface area contributed by atoms with Crippen LogP contribution >= 0.6 is 11.3 Å². The van der Waals surface area contributed by atoms with E-state index in [9.17, 15) is 14.4 Å². The lowest BCUT2D eigenvalue weighted by atomic mass is 10.1. The molecule has 30 heavy (non-hydrogen) atoms. The predicted molar refractivity (Wildman–Crippen MR) is 120 cm³/mol. The van der Waals surface area contributed by atoms with Crippen molar-refractivity contribution in [2.45, 2.75) is 52.5 Å². The monoisotopic (exact) mass is 430 g/mol. The average molecular weight is 431 g/mol. The fraction of sp³-hybridized carbons (Fsp3) is 0.455. The van der Waals surface area contributed by atoms with Crippen LogP contribution in [0.15, 0.2) is 35.7 Å². The van der Waals surface area contributed by atoms with Crippen LogP contribution in [0.3, 0.4) is 0 Å². The van der Waals surface area contributed by atoms with Gasteiger partial charge in [-0.15, -0.1) is 11.3 Å². The molecule has 7 nitrogen and oxygen atoms in total. The van der Waals surface area contributed by atoms with E-state index in [4.69, 9.17) is 0 Å². The minimum atomic E-state index is -0.321. The van der Waals surface area contributed by atoms with Crippen LogP contribution in [0.2, 0.25) is 0 Å². The number of benzene rings is 1. The molecule has 0 unspecified atom stereocenters. The third-order valence-corrected chi connectivity index (χ3v) is 5.27. The van der Waals surface area contributed by atoms with Gasteiger partial charge in [0.2, 0.25) is 11.8 Å². The molecule has 0 aliphatic heterocycles. The van der Waals surface area contributed by atoms with E-state index in [1.165, 1.54) is 16.2 Å². The number of carbonyl (C=O) groups is 3. The van der Waals surface area contributed by atoms with Crippen LogP contribution in [0.1, 0.15) is 56.1 Å². The molecule has 0 aliphatic carbocycles. The van der Waals surface area contributed by atoms with Crippen molar-refractivity contribution in [3.63, 3.8) is 0 Å². The fourth-order valence-corrected chi connectivity index (χ4v) is 3.55. The summed E-state index contributed by atoms with van der Waals surface area (Å²) >= 11 is 1.27. The average Bonchev–Trinajstić information content (AvgIpc) is 3.15. The quantitative estimate of drug-likeness (QED) is 0.534. The Morgan fingerprint density at radius 2 is 1.83 bits per heavy atom. The maximum absolute atomic E-state index is 12.7. The first-order chi connectivity index (χ1) is 14.4. The molecule has 8 heteroatoms. The molecule has 2 N–H and O–H groups in total. The minimum Gasteiger partial charge on any atom is -0.356 e. The van der Waals surface area contributed by atoms with Crippen molar-refractivity contribution in [1.82, 2.24) is 15.2 Å². The first kappa shape index (κ1) is 23.5. The van der Waals surface area contributed by atoms with Crippen LogP contribution in [0.4, 0.5) is 5.13 Å². The number of carbonyl (C=O) groups excluding carboxylic acids is 3. The van der Waals surface area contributed by atoms with Crippen molar-refractivity contribution in [2.24, 2.45) is 0 Å². The Morgan fingerprint density at radius 1 is 1.10 bits per heavy atom. The molecule has 0 fully saturated rings. The van der Waals surface area contributed by atoms with E-state index in [0.29, 0.717) is 22.9 Å². The maximum atomic E-state index is 12.7. The molecule has 2 rings (SSSR count). The zero-order valence-electron chi connectivity index (χ0n) is 17.8. The Hall–Kier alpha value is -2.74. The number of amides is 3. The van der Waals surface area contributed by atoms with Crippen molar-refractivity contribution in [2.75, 3.05) is 18.4 Å². The van der Waals surface area contributed by atoms with Gasteiger partial charge < -0.3 is 15.5 Å². The number of nitrogens with one attached hydrogen (secondary N) is 2. The first-order valence-corrected chi connectivity index (χ1v) is 11.2. The second-order valence-electron chi connectivity index (χ2n) is 7.32. The zero-order chi connectivity index (χ0) is 21.9. The van der Waals surface area contributed by atoms with Gasteiger partial charge in [-0.3, -0.25) is 14.4 Å².